The molecule has 0 unspecified atom stereocenters. The Hall–Kier alpha value is -7.37. The maximum Gasteiger partial charge on any atom is 0.167 e. The first-order valence-electron chi connectivity index (χ1n) is 22.9. The Labute approximate surface area is 370 Å². The summed E-state index contributed by atoms with van der Waals surface area (Å²) in [5.74, 6) is 4.35. The molecular formula is C59H43N3O2. The molecule has 0 atom stereocenters. The van der Waals surface area contributed by atoms with E-state index in [1.54, 1.807) is 0 Å². The van der Waals surface area contributed by atoms with Crippen LogP contribution in [0.5, 0.6) is 0 Å². The Kier molecular flexibility index (Phi) is 7.80. The lowest BCUT2D eigenvalue weighted by Gasteiger charge is -2.57. The molecule has 11 aromatic rings. The fraction of sp³-hybridized carbons (Fsp3) is 0.169. The van der Waals surface area contributed by atoms with Crippen molar-refractivity contribution in [1.82, 2.24) is 15.0 Å². The van der Waals surface area contributed by atoms with E-state index in [2.05, 4.69) is 146 Å². The minimum atomic E-state index is 0.336. The molecule has 0 aliphatic heterocycles. The number of nitrogens with zero attached hydrogens (tertiary/aromatic N) is 3. The zero-order valence-corrected chi connectivity index (χ0v) is 35.3. The zero-order chi connectivity index (χ0) is 41.9. The number of hydrogen-bond acceptors (Lipinski definition) is 5. The van der Waals surface area contributed by atoms with Gasteiger partial charge in [0, 0.05) is 27.1 Å². The fourth-order valence-corrected chi connectivity index (χ4v) is 12.5. The molecule has 0 spiro atoms. The Morgan fingerprint density at radius 3 is 1.77 bits per heavy atom. The van der Waals surface area contributed by atoms with Gasteiger partial charge in [-0.05, 0) is 143 Å². The van der Waals surface area contributed by atoms with E-state index in [9.17, 15) is 0 Å². The Balaban J connectivity index is 0.995. The van der Waals surface area contributed by atoms with Crippen molar-refractivity contribution >= 4 is 54.6 Å². The molecule has 64 heavy (non-hydrogen) atoms. The molecule has 0 amide bonds. The van der Waals surface area contributed by atoms with Crippen molar-refractivity contribution in [3.05, 3.63) is 175 Å². The van der Waals surface area contributed by atoms with Gasteiger partial charge >= 0.3 is 0 Å². The smallest absolute Gasteiger partial charge is 0.167 e. The van der Waals surface area contributed by atoms with Gasteiger partial charge in [0.25, 0.3) is 0 Å². The highest BCUT2D eigenvalue weighted by Crippen LogP contribution is 2.61. The van der Waals surface area contributed by atoms with Crippen LogP contribution in [0.2, 0.25) is 0 Å². The lowest BCUT2D eigenvalue weighted by Crippen LogP contribution is -2.48. The number of benzene rings is 8. The van der Waals surface area contributed by atoms with Gasteiger partial charge in [0.15, 0.2) is 17.5 Å². The van der Waals surface area contributed by atoms with E-state index in [0.717, 1.165) is 100 Å². The van der Waals surface area contributed by atoms with Crippen LogP contribution in [-0.4, -0.2) is 15.0 Å². The Morgan fingerprint density at radius 2 is 0.969 bits per heavy atom. The predicted molar refractivity (Wildman–Crippen MR) is 259 cm³/mol. The van der Waals surface area contributed by atoms with Gasteiger partial charge in [-0.1, -0.05) is 127 Å². The second kappa shape index (κ2) is 13.8. The van der Waals surface area contributed by atoms with Crippen LogP contribution < -0.4 is 0 Å². The number of rotatable bonds is 6. The Bertz CT molecular complexity index is 3620. The monoisotopic (exact) mass is 825 g/mol. The lowest BCUT2D eigenvalue weighted by molar-refractivity contribution is -0.00518. The van der Waals surface area contributed by atoms with Crippen LogP contribution >= 0.6 is 0 Å². The molecule has 3 heterocycles. The molecule has 5 nitrogen and oxygen atoms in total. The summed E-state index contributed by atoms with van der Waals surface area (Å²) in [4.78, 5) is 16.0. The van der Waals surface area contributed by atoms with Gasteiger partial charge in [-0.15, -0.1) is 0 Å². The second-order valence-corrected chi connectivity index (χ2v) is 19.0. The second-order valence-electron chi connectivity index (χ2n) is 19.0. The number of para-hydroxylation sites is 2. The fourth-order valence-electron chi connectivity index (χ4n) is 12.5. The van der Waals surface area contributed by atoms with Gasteiger partial charge in [-0.3, -0.25) is 0 Å². The van der Waals surface area contributed by atoms with Crippen molar-refractivity contribution < 1.29 is 8.83 Å². The van der Waals surface area contributed by atoms with Gasteiger partial charge < -0.3 is 8.83 Å². The summed E-state index contributed by atoms with van der Waals surface area (Å²) in [5.41, 5.74) is 12.0. The molecule has 8 aromatic carbocycles. The maximum atomic E-state index is 6.95. The van der Waals surface area contributed by atoms with Crippen LogP contribution in [0.25, 0.3) is 111 Å². The van der Waals surface area contributed by atoms with Crippen LogP contribution in [0.1, 0.15) is 44.1 Å². The Morgan fingerprint density at radius 1 is 0.375 bits per heavy atom. The van der Waals surface area contributed by atoms with Crippen molar-refractivity contribution in [1.29, 1.82) is 0 Å². The number of furan rings is 2. The quantitative estimate of drug-likeness (QED) is 0.167. The summed E-state index contributed by atoms with van der Waals surface area (Å²) in [6.45, 7) is 0. The van der Waals surface area contributed by atoms with E-state index in [4.69, 9.17) is 23.8 Å². The minimum absolute atomic E-state index is 0.336. The average Bonchev–Trinajstić information content (AvgIpc) is 3.91. The summed E-state index contributed by atoms with van der Waals surface area (Å²) in [6, 6.07) is 60.4. The van der Waals surface area contributed by atoms with Gasteiger partial charge in [0.2, 0.25) is 0 Å². The summed E-state index contributed by atoms with van der Waals surface area (Å²) in [5, 5.41) is 6.49. The summed E-state index contributed by atoms with van der Waals surface area (Å²) in [7, 11) is 0. The van der Waals surface area contributed by atoms with Crippen molar-refractivity contribution in [2.45, 2.75) is 43.9 Å². The normalized spacial score (nSPS) is 20.3. The summed E-state index contributed by atoms with van der Waals surface area (Å²) >= 11 is 0. The molecule has 15 rings (SSSR count). The van der Waals surface area contributed by atoms with E-state index in [1.807, 2.05) is 24.3 Å². The van der Waals surface area contributed by atoms with Crippen LogP contribution in [-0.2, 0) is 5.41 Å². The van der Waals surface area contributed by atoms with Gasteiger partial charge in [-0.25, -0.2) is 15.0 Å². The maximum absolute atomic E-state index is 6.95. The minimum Gasteiger partial charge on any atom is -0.455 e. The first-order valence-corrected chi connectivity index (χ1v) is 22.9. The standard InChI is InChI=1S/C59H43N3O2/c1-2-10-38(11-3-1)40-14-8-15-43(27-40)56-60-57(48-18-9-17-47-46-16-6-7-19-52(46)63-54(47)48)62-58(61-56)51-30-44(29-50-49-28-41-12-4-5-13-42(41)31-53(49)64-55(50)51)39-20-22-45(23-21-39)59-32-35-24-36(33-59)26-37(25-35)34-59/h1-23,27-31,35-37H,24-26,32-34H2. The van der Waals surface area contributed by atoms with Crippen molar-refractivity contribution in [2.24, 2.45) is 17.8 Å². The number of fused-ring (bicyclic) bond motifs is 7. The highest BCUT2D eigenvalue weighted by atomic mass is 16.3. The third kappa shape index (κ3) is 5.73. The summed E-state index contributed by atoms with van der Waals surface area (Å²) in [6.07, 6.45) is 8.39. The van der Waals surface area contributed by atoms with Crippen LogP contribution in [0.3, 0.4) is 0 Å². The van der Waals surface area contributed by atoms with Gasteiger partial charge in [0.05, 0.1) is 11.1 Å². The van der Waals surface area contributed by atoms with E-state index in [-0.39, 0.29) is 0 Å². The van der Waals surface area contributed by atoms with E-state index in [0.29, 0.717) is 22.9 Å². The molecule has 0 saturated heterocycles. The van der Waals surface area contributed by atoms with Crippen LogP contribution in [0.15, 0.2) is 179 Å². The van der Waals surface area contributed by atoms with Crippen molar-refractivity contribution in [3.63, 3.8) is 0 Å². The molecule has 0 radical (unpaired) electrons. The molecule has 4 aliphatic carbocycles. The highest BCUT2D eigenvalue weighted by molar-refractivity contribution is 6.14. The first-order chi connectivity index (χ1) is 31.6. The highest BCUT2D eigenvalue weighted by Gasteiger charge is 2.51. The molecule has 306 valence electrons. The van der Waals surface area contributed by atoms with Crippen molar-refractivity contribution in [2.75, 3.05) is 0 Å². The zero-order valence-electron chi connectivity index (χ0n) is 35.3. The third-order valence-corrected chi connectivity index (χ3v) is 15.1. The molecule has 3 aromatic heterocycles. The molecule has 5 heteroatoms. The molecular weight excluding hydrogens is 783 g/mol. The van der Waals surface area contributed by atoms with Crippen LogP contribution in [0.4, 0.5) is 0 Å². The predicted octanol–water partition coefficient (Wildman–Crippen LogP) is 15.6. The molecule has 4 saturated carbocycles. The first kappa shape index (κ1) is 36.1. The average molecular weight is 826 g/mol. The molecule has 4 fully saturated rings. The number of hydrogen-bond donors (Lipinski definition) is 0. The van der Waals surface area contributed by atoms with Gasteiger partial charge in [-0.2, -0.15) is 0 Å². The number of aromatic nitrogens is 3. The lowest BCUT2D eigenvalue weighted by atomic mass is 9.48. The van der Waals surface area contributed by atoms with E-state index < -0.39 is 0 Å². The van der Waals surface area contributed by atoms with Crippen molar-refractivity contribution in [3.8, 4) is 56.4 Å². The third-order valence-electron chi connectivity index (χ3n) is 15.1. The van der Waals surface area contributed by atoms with E-state index in [1.165, 1.54) is 55.0 Å². The largest absolute Gasteiger partial charge is 0.455 e. The topological polar surface area (TPSA) is 65.0 Å². The van der Waals surface area contributed by atoms with Crippen LogP contribution in [0, 0.1) is 17.8 Å². The summed E-state index contributed by atoms with van der Waals surface area (Å²) < 4.78 is 13.6. The van der Waals surface area contributed by atoms with Gasteiger partial charge in [0.1, 0.15) is 22.3 Å². The molecule has 4 bridgehead atoms. The SMILES string of the molecule is c1ccc(-c2cccc(-c3nc(-c4cccc5c4oc4ccccc45)nc(-c4cc(-c5ccc(C67CC8CC(CC(C8)C6)C7)cc5)cc5c4oc4cc6ccccc6cc45)n3)c2)cc1. The van der Waals surface area contributed by atoms with E-state index >= 15 is 0 Å². The molecule has 4 aliphatic rings. The molecule has 0 N–H and O–H groups in total.